The highest BCUT2D eigenvalue weighted by atomic mass is 35.5. The van der Waals surface area contributed by atoms with E-state index in [0.717, 1.165) is 5.56 Å². The highest BCUT2D eigenvalue weighted by Gasteiger charge is 2.06. The number of halogens is 1. The second-order valence-electron chi connectivity index (χ2n) is 5.75. The third-order valence-corrected chi connectivity index (χ3v) is 4.04. The lowest BCUT2D eigenvalue weighted by Crippen LogP contribution is -2.02. The van der Waals surface area contributed by atoms with Gasteiger partial charge >= 0.3 is 0 Å². The summed E-state index contributed by atoms with van der Waals surface area (Å²) in [6.45, 7) is 2.17. The van der Waals surface area contributed by atoms with E-state index in [0.29, 0.717) is 27.6 Å². The first-order chi connectivity index (χ1) is 13.0. The molecule has 6 heteroatoms. The Labute approximate surface area is 161 Å². The summed E-state index contributed by atoms with van der Waals surface area (Å²) in [7, 11) is 0. The predicted octanol–water partition coefficient (Wildman–Crippen LogP) is 4.93. The first kappa shape index (κ1) is 18.4. The van der Waals surface area contributed by atoms with Gasteiger partial charge in [0.15, 0.2) is 0 Å². The summed E-state index contributed by atoms with van der Waals surface area (Å²) >= 11 is 6.02. The van der Waals surface area contributed by atoms with Gasteiger partial charge in [-0.05, 0) is 42.8 Å². The van der Waals surface area contributed by atoms with Gasteiger partial charge in [0.05, 0.1) is 10.6 Å². The van der Waals surface area contributed by atoms with Gasteiger partial charge < -0.3 is 4.74 Å². The highest BCUT2D eigenvalue weighted by Crippen LogP contribution is 2.23. The van der Waals surface area contributed by atoms with E-state index in [4.69, 9.17) is 16.3 Å². The Kier molecular flexibility index (Phi) is 5.70. The number of non-ortho nitro benzene ring substituents is 1. The maximum Gasteiger partial charge on any atom is 0.270 e. The molecule has 0 amide bonds. The molecular weight excluding hydrogens is 364 g/mol. The van der Waals surface area contributed by atoms with Crippen molar-refractivity contribution in [3.05, 3.63) is 98.3 Å². The SMILES string of the molecule is Cc1ccc(Cl)cc1OCc1ncccc1C#Cc1cccc([N+](=O)[O-])c1. The number of hydrogen-bond acceptors (Lipinski definition) is 4. The predicted molar refractivity (Wildman–Crippen MR) is 104 cm³/mol. The zero-order valence-electron chi connectivity index (χ0n) is 14.5. The van der Waals surface area contributed by atoms with Crippen LogP contribution in [0.1, 0.15) is 22.4 Å². The topological polar surface area (TPSA) is 65.3 Å². The van der Waals surface area contributed by atoms with Crippen molar-refractivity contribution in [1.29, 1.82) is 0 Å². The summed E-state index contributed by atoms with van der Waals surface area (Å²) in [6.07, 6.45) is 1.67. The standard InChI is InChI=1S/C21H15ClN2O3/c1-15-7-10-18(22)13-21(15)27-14-20-17(5-3-11-23-20)9-8-16-4-2-6-19(12-16)24(25)26/h2-7,10-13H,14H2,1H3. The van der Waals surface area contributed by atoms with E-state index in [1.807, 2.05) is 19.1 Å². The zero-order chi connectivity index (χ0) is 19.2. The molecule has 1 aromatic heterocycles. The van der Waals surface area contributed by atoms with Crippen LogP contribution < -0.4 is 4.74 Å². The van der Waals surface area contributed by atoms with Gasteiger partial charge in [0.25, 0.3) is 5.69 Å². The molecule has 0 N–H and O–H groups in total. The fraction of sp³-hybridized carbons (Fsp3) is 0.0952. The van der Waals surface area contributed by atoms with Crippen molar-refractivity contribution in [2.75, 3.05) is 0 Å². The van der Waals surface area contributed by atoms with E-state index in [1.165, 1.54) is 12.1 Å². The second kappa shape index (κ2) is 8.35. The summed E-state index contributed by atoms with van der Waals surface area (Å²) < 4.78 is 5.84. The van der Waals surface area contributed by atoms with Crippen LogP contribution in [0.2, 0.25) is 5.02 Å². The maximum absolute atomic E-state index is 10.9. The summed E-state index contributed by atoms with van der Waals surface area (Å²) in [6, 6.07) is 15.3. The minimum Gasteiger partial charge on any atom is -0.487 e. The average molecular weight is 379 g/mol. The van der Waals surface area contributed by atoms with Crippen LogP contribution in [0.4, 0.5) is 5.69 Å². The van der Waals surface area contributed by atoms with Gasteiger partial charge in [0.1, 0.15) is 12.4 Å². The number of pyridine rings is 1. The summed E-state index contributed by atoms with van der Waals surface area (Å²) in [4.78, 5) is 14.8. The molecule has 3 aromatic rings. The minimum atomic E-state index is -0.443. The normalized spacial score (nSPS) is 10.0. The summed E-state index contributed by atoms with van der Waals surface area (Å²) in [5.74, 6) is 6.65. The Hall–Kier alpha value is -3.36. The number of aryl methyl sites for hydroxylation is 1. The molecule has 0 spiro atoms. The summed E-state index contributed by atoms with van der Waals surface area (Å²) in [5, 5.41) is 11.5. The van der Waals surface area contributed by atoms with Gasteiger partial charge in [0.2, 0.25) is 0 Å². The monoisotopic (exact) mass is 378 g/mol. The number of nitrogens with zero attached hydrogens (tertiary/aromatic N) is 2. The maximum atomic E-state index is 10.9. The van der Waals surface area contributed by atoms with Crippen LogP contribution in [-0.2, 0) is 6.61 Å². The fourth-order valence-corrected chi connectivity index (χ4v) is 2.54. The molecule has 0 saturated heterocycles. The van der Waals surface area contributed by atoms with Crippen LogP contribution >= 0.6 is 11.6 Å². The number of nitro groups is 1. The van der Waals surface area contributed by atoms with E-state index < -0.39 is 4.92 Å². The van der Waals surface area contributed by atoms with Gasteiger partial charge in [-0.15, -0.1) is 0 Å². The van der Waals surface area contributed by atoms with E-state index in [2.05, 4.69) is 16.8 Å². The lowest BCUT2D eigenvalue weighted by Gasteiger charge is -2.10. The first-order valence-corrected chi connectivity index (χ1v) is 8.50. The molecule has 0 radical (unpaired) electrons. The molecule has 5 nitrogen and oxygen atoms in total. The molecule has 0 bridgehead atoms. The Morgan fingerprint density at radius 2 is 2.00 bits per heavy atom. The first-order valence-electron chi connectivity index (χ1n) is 8.12. The van der Waals surface area contributed by atoms with Crippen molar-refractivity contribution >= 4 is 17.3 Å². The molecule has 3 rings (SSSR count). The van der Waals surface area contributed by atoms with Gasteiger partial charge in [-0.25, -0.2) is 0 Å². The Bertz CT molecular complexity index is 1050. The molecule has 0 unspecified atom stereocenters. The van der Waals surface area contributed by atoms with Crippen molar-refractivity contribution in [3.63, 3.8) is 0 Å². The molecule has 0 fully saturated rings. The number of nitro benzene ring substituents is 1. The lowest BCUT2D eigenvalue weighted by atomic mass is 10.1. The average Bonchev–Trinajstić information content (AvgIpc) is 2.68. The van der Waals surface area contributed by atoms with E-state index >= 15 is 0 Å². The van der Waals surface area contributed by atoms with Gasteiger partial charge in [-0.3, -0.25) is 15.1 Å². The Morgan fingerprint density at radius 3 is 2.81 bits per heavy atom. The fourth-order valence-electron chi connectivity index (χ4n) is 2.38. The molecule has 0 aliphatic heterocycles. The number of hydrogen-bond donors (Lipinski definition) is 0. The quantitative estimate of drug-likeness (QED) is 0.367. The van der Waals surface area contributed by atoms with Gasteiger partial charge in [-0.1, -0.05) is 35.6 Å². The van der Waals surface area contributed by atoms with Crippen LogP contribution in [0.3, 0.4) is 0 Å². The lowest BCUT2D eigenvalue weighted by molar-refractivity contribution is -0.384. The number of aromatic nitrogens is 1. The third-order valence-electron chi connectivity index (χ3n) is 3.80. The molecule has 134 valence electrons. The Morgan fingerprint density at radius 1 is 1.15 bits per heavy atom. The van der Waals surface area contributed by atoms with E-state index in [-0.39, 0.29) is 12.3 Å². The van der Waals surface area contributed by atoms with Gasteiger partial charge in [0, 0.05) is 34.5 Å². The van der Waals surface area contributed by atoms with Crippen molar-refractivity contribution in [2.24, 2.45) is 0 Å². The highest BCUT2D eigenvalue weighted by molar-refractivity contribution is 6.30. The van der Waals surface area contributed by atoms with Crippen molar-refractivity contribution in [1.82, 2.24) is 4.98 Å². The van der Waals surface area contributed by atoms with E-state index in [1.54, 1.807) is 36.5 Å². The van der Waals surface area contributed by atoms with Crippen molar-refractivity contribution in [3.8, 4) is 17.6 Å². The van der Waals surface area contributed by atoms with Crippen LogP contribution in [0.25, 0.3) is 0 Å². The molecular formula is C21H15ClN2O3. The zero-order valence-corrected chi connectivity index (χ0v) is 15.2. The molecule has 0 saturated carbocycles. The largest absolute Gasteiger partial charge is 0.487 e. The van der Waals surface area contributed by atoms with E-state index in [9.17, 15) is 10.1 Å². The molecule has 0 aliphatic rings. The van der Waals surface area contributed by atoms with Crippen LogP contribution in [0, 0.1) is 28.9 Å². The smallest absolute Gasteiger partial charge is 0.270 e. The van der Waals surface area contributed by atoms with Crippen molar-refractivity contribution < 1.29 is 9.66 Å². The molecule has 1 heterocycles. The van der Waals surface area contributed by atoms with Crippen LogP contribution in [0.15, 0.2) is 60.8 Å². The Balaban J connectivity index is 1.82. The van der Waals surface area contributed by atoms with Crippen LogP contribution in [-0.4, -0.2) is 9.91 Å². The molecule has 0 atom stereocenters. The number of ether oxygens (including phenoxy) is 1. The number of benzene rings is 2. The summed E-state index contributed by atoms with van der Waals surface area (Å²) in [5.41, 5.74) is 2.91. The number of rotatable bonds is 4. The van der Waals surface area contributed by atoms with Crippen molar-refractivity contribution in [2.45, 2.75) is 13.5 Å². The minimum absolute atomic E-state index is 0.00738. The molecule has 0 aliphatic carbocycles. The molecule has 27 heavy (non-hydrogen) atoms. The second-order valence-corrected chi connectivity index (χ2v) is 6.19. The molecule has 2 aromatic carbocycles. The van der Waals surface area contributed by atoms with Gasteiger partial charge in [-0.2, -0.15) is 0 Å². The van der Waals surface area contributed by atoms with Crippen LogP contribution in [0.5, 0.6) is 5.75 Å². The third kappa shape index (κ3) is 4.84.